The fourth-order valence-electron chi connectivity index (χ4n) is 0.124. The van der Waals surface area contributed by atoms with Crippen molar-refractivity contribution in [2.45, 2.75) is 18.5 Å². The summed E-state index contributed by atoms with van der Waals surface area (Å²) in [6, 6.07) is 0. The Labute approximate surface area is 76.9 Å². The molecular formula is C3H3F7Pb. The van der Waals surface area contributed by atoms with Crippen LogP contribution in [0.3, 0.4) is 0 Å². The number of hydrogen-bond acceptors (Lipinski definition) is 0. The van der Waals surface area contributed by atoms with E-state index in [9.17, 15) is 30.7 Å². The summed E-state index contributed by atoms with van der Waals surface area (Å²) in [5.41, 5.74) is 0. The van der Waals surface area contributed by atoms with Crippen molar-refractivity contribution in [2.24, 2.45) is 0 Å². The van der Waals surface area contributed by atoms with Crippen LogP contribution in [0.2, 0.25) is 0 Å². The van der Waals surface area contributed by atoms with Crippen molar-refractivity contribution in [1.29, 1.82) is 0 Å². The summed E-state index contributed by atoms with van der Waals surface area (Å²) >= 11 is 0. The Hall–Kier alpha value is 0.432. The van der Waals surface area contributed by atoms with Gasteiger partial charge in [-0.2, -0.15) is 22.0 Å². The third-order valence-corrected chi connectivity index (χ3v) is 0.652. The van der Waals surface area contributed by atoms with Gasteiger partial charge in [0.15, 0.2) is 0 Å². The van der Waals surface area contributed by atoms with Gasteiger partial charge in [0.1, 0.15) is 0 Å². The molecule has 0 aliphatic rings. The summed E-state index contributed by atoms with van der Waals surface area (Å²) in [6.07, 6.45) is -10.9. The number of hydrogen-bond donors (Lipinski definition) is 0. The molecule has 11 heavy (non-hydrogen) atoms. The first-order valence-electron chi connectivity index (χ1n) is 1.92. The van der Waals surface area contributed by atoms with Gasteiger partial charge in [-0.1, -0.05) is 0 Å². The Morgan fingerprint density at radius 1 is 0.818 bits per heavy atom. The van der Waals surface area contributed by atoms with E-state index in [0.717, 1.165) is 0 Å². The summed E-state index contributed by atoms with van der Waals surface area (Å²) in [5.74, 6) is -5.90. The van der Waals surface area contributed by atoms with Crippen LogP contribution >= 0.6 is 0 Å². The first-order chi connectivity index (χ1) is 4.19. The van der Waals surface area contributed by atoms with Gasteiger partial charge in [0.25, 0.3) is 0 Å². The zero-order valence-electron chi connectivity index (χ0n) is 4.93. The zero-order chi connectivity index (χ0) is 8.58. The molecule has 0 atom stereocenters. The molecule has 0 spiro atoms. The van der Waals surface area contributed by atoms with Crippen molar-refractivity contribution in [3.05, 3.63) is 0 Å². The molecule has 2 radical (unpaired) electrons. The molecule has 0 bridgehead atoms. The summed E-state index contributed by atoms with van der Waals surface area (Å²) in [7, 11) is 0. The molecule has 0 amide bonds. The number of rotatable bonds is 1. The van der Waals surface area contributed by atoms with Crippen LogP contribution in [0.15, 0.2) is 0 Å². The quantitative estimate of drug-likeness (QED) is 0.479. The maximum absolute atomic E-state index is 11.2. The Morgan fingerprint density at radius 2 is 1.09 bits per heavy atom. The van der Waals surface area contributed by atoms with Crippen LogP contribution in [0.4, 0.5) is 30.7 Å². The summed E-state index contributed by atoms with van der Waals surface area (Å²) in [5, 5.41) is 0. The fraction of sp³-hybridized carbons (Fsp3) is 1.00. The fourth-order valence-corrected chi connectivity index (χ4v) is 0.124. The SMILES string of the molecule is FC(F)C(F)(F)C(F)(F)F.[PbH2]. The predicted octanol–water partition coefficient (Wildman–Crippen LogP) is 1.53. The van der Waals surface area contributed by atoms with E-state index in [2.05, 4.69) is 0 Å². The topological polar surface area (TPSA) is 0 Å². The average Bonchev–Trinajstić information content (AvgIpc) is 1.62. The molecule has 0 N–H and O–H groups in total. The van der Waals surface area contributed by atoms with Crippen molar-refractivity contribution in [1.82, 2.24) is 0 Å². The van der Waals surface area contributed by atoms with Gasteiger partial charge >= 0.3 is 45.8 Å². The molecule has 0 aromatic rings. The molecule has 0 rings (SSSR count). The number of alkyl halides is 7. The van der Waals surface area contributed by atoms with Crippen molar-refractivity contribution in [3.63, 3.8) is 0 Å². The molecule has 0 saturated heterocycles. The minimum absolute atomic E-state index is 0. The third-order valence-electron chi connectivity index (χ3n) is 0.652. The van der Waals surface area contributed by atoms with E-state index in [0.29, 0.717) is 0 Å². The van der Waals surface area contributed by atoms with Gasteiger partial charge in [0, 0.05) is 0 Å². The first-order valence-corrected chi connectivity index (χ1v) is 1.92. The molecule has 8 heteroatoms. The van der Waals surface area contributed by atoms with E-state index in [1.807, 2.05) is 0 Å². The maximum atomic E-state index is 11.2. The van der Waals surface area contributed by atoms with Gasteiger partial charge in [-0.05, 0) is 0 Å². The zero-order valence-corrected chi connectivity index (χ0v) is 10.4. The van der Waals surface area contributed by atoms with E-state index in [4.69, 9.17) is 0 Å². The van der Waals surface area contributed by atoms with E-state index in [1.54, 1.807) is 0 Å². The molecule has 68 valence electrons. The van der Waals surface area contributed by atoms with E-state index < -0.39 is 18.5 Å². The van der Waals surface area contributed by atoms with Crippen molar-refractivity contribution < 1.29 is 30.7 Å². The Balaban J connectivity index is 0. The normalized spacial score (nSPS) is 13.1. The second-order valence-electron chi connectivity index (χ2n) is 1.42. The van der Waals surface area contributed by atoms with Gasteiger partial charge in [-0.3, -0.25) is 0 Å². The van der Waals surface area contributed by atoms with Gasteiger partial charge in [-0.25, -0.2) is 8.78 Å². The van der Waals surface area contributed by atoms with Crippen LogP contribution in [0, 0.1) is 0 Å². The van der Waals surface area contributed by atoms with Crippen LogP contribution in [0.5, 0.6) is 0 Å². The van der Waals surface area contributed by atoms with Crippen LogP contribution < -0.4 is 0 Å². The summed E-state index contributed by atoms with van der Waals surface area (Å²) < 4.78 is 76.6. The molecule has 0 nitrogen and oxygen atoms in total. The van der Waals surface area contributed by atoms with E-state index >= 15 is 0 Å². The first kappa shape index (κ1) is 14.0. The van der Waals surface area contributed by atoms with Crippen molar-refractivity contribution in [3.8, 4) is 0 Å². The summed E-state index contributed by atoms with van der Waals surface area (Å²) in [4.78, 5) is 0. The second kappa shape index (κ2) is 3.90. The molecule has 0 aromatic heterocycles. The molecule has 0 heterocycles. The van der Waals surface area contributed by atoms with E-state index in [-0.39, 0.29) is 27.3 Å². The van der Waals surface area contributed by atoms with Gasteiger partial charge in [-0.15, -0.1) is 0 Å². The van der Waals surface area contributed by atoms with Crippen LogP contribution in [0.1, 0.15) is 0 Å². The minimum atomic E-state index is -6.17. The Kier molecular flexibility index (Phi) is 4.95. The van der Waals surface area contributed by atoms with Gasteiger partial charge in [0.05, 0.1) is 0 Å². The van der Waals surface area contributed by atoms with Crippen LogP contribution in [0.25, 0.3) is 0 Å². The van der Waals surface area contributed by atoms with Gasteiger partial charge in [0.2, 0.25) is 0 Å². The third kappa shape index (κ3) is 3.11. The Bertz CT molecular complexity index is 115. The van der Waals surface area contributed by atoms with Crippen LogP contribution in [-0.4, -0.2) is 45.8 Å². The predicted molar refractivity (Wildman–Crippen MR) is 25.6 cm³/mol. The molecule has 0 aliphatic heterocycles. The molecule has 0 unspecified atom stereocenters. The monoisotopic (exact) mass is 380 g/mol. The van der Waals surface area contributed by atoms with Gasteiger partial charge < -0.3 is 0 Å². The average molecular weight is 379 g/mol. The molecular weight excluding hydrogens is 376 g/mol. The number of halogens is 7. The van der Waals surface area contributed by atoms with E-state index in [1.165, 1.54) is 0 Å². The molecule has 0 aliphatic carbocycles. The van der Waals surface area contributed by atoms with Crippen molar-refractivity contribution in [2.75, 3.05) is 0 Å². The Morgan fingerprint density at radius 3 is 1.09 bits per heavy atom. The molecule has 0 saturated carbocycles. The van der Waals surface area contributed by atoms with Crippen LogP contribution in [-0.2, 0) is 0 Å². The van der Waals surface area contributed by atoms with Crippen molar-refractivity contribution >= 4 is 27.3 Å². The summed E-state index contributed by atoms with van der Waals surface area (Å²) in [6.45, 7) is 0. The standard InChI is InChI=1S/C3HF7.Pb.2H/c4-1(5)2(6,7)3(8,9)10;;;/h1H;;;. The molecule has 0 aromatic carbocycles. The molecule has 0 fully saturated rings. The second-order valence-corrected chi connectivity index (χ2v) is 1.42.